The van der Waals surface area contributed by atoms with Crippen LogP contribution in [0, 0.1) is 6.92 Å². The molecule has 3 aromatic rings. The van der Waals surface area contributed by atoms with E-state index in [1.807, 2.05) is 50.2 Å². The summed E-state index contributed by atoms with van der Waals surface area (Å²) in [6, 6.07) is 11.7. The van der Waals surface area contributed by atoms with Crippen molar-refractivity contribution in [1.82, 2.24) is 10.3 Å². The Bertz CT molecular complexity index is 1000. The molecule has 1 aromatic heterocycles. The van der Waals surface area contributed by atoms with Crippen LogP contribution in [0.25, 0.3) is 11.5 Å². The first kappa shape index (κ1) is 22.0. The zero-order valence-corrected chi connectivity index (χ0v) is 18.5. The molecule has 0 saturated carbocycles. The maximum atomic E-state index is 5.62. The van der Waals surface area contributed by atoms with Gasteiger partial charge < -0.3 is 29.3 Å². The number of anilines is 1. The number of guanidine groups is 1. The van der Waals surface area contributed by atoms with Crippen molar-refractivity contribution in [3.05, 3.63) is 53.9 Å². The first-order chi connectivity index (χ1) is 15.1. The molecule has 0 atom stereocenters. The minimum atomic E-state index is 0.356. The molecule has 8 nitrogen and oxygen atoms in total. The number of aliphatic imine (C=N–C) groups is 1. The lowest BCUT2D eigenvalue weighted by Gasteiger charge is -2.16. The number of hydrogen-bond donors (Lipinski definition) is 2. The number of aryl methyl sites for hydroxylation is 1. The van der Waals surface area contributed by atoms with Crippen LogP contribution in [-0.2, 0) is 6.54 Å². The van der Waals surface area contributed by atoms with Crippen LogP contribution in [0.3, 0.4) is 0 Å². The van der Waals surface area contributed by atoms with Crippen molar-refractivity contribution < 1.29 is 18.6 Å². The standard InChI is InChI=1S/C23H28N4O4/c1-6-24-23(27-17-11-19(28-3)21(30-5)20(12-17)29-4)25-13-18-14-31-22(26-18)16-9-7-15(2)8-10-16/h7-12,14H,6,13H2,1-5H3,(H2,24,25,27). The molecule has 1 heterocycles. The van der Waals surface area contributed by atoms with Gasteiger partial charge in [0.05, 0.1) is 27.9 Å². The van der Waals surface area contributed by atoms with Gasteiger partial charge in [-0.3, -0.25) is 0 Å². The van der Waals surface area contributed by atoms with Gasteiger partial charge in [0.1, 0.15) is 12.0 Å². The van der Waals surface area contributed by atoms with E-state index in [2.05, 4.69) is 20.6 Å². The summed E-state index contributed by atoms with van der Waals surface area (Å²) >= 11 is 0. The van der Waals surface area contributed by atoms with Crippen molar-refractivity contribution in [3.8, 4) is 28.7 Å². The highest BCUT2D eigenvalue weighted by Gasteiger charge is 2.14. The maximum absolute atomic E-state index is 5.62. The average Bonchev–Trinajstić information content (AvgIpc) is 3.26. The predicted octanol–water partition coefficient (Wildman–Crippen LogP) is 4.25. The maximum Gasteiger partial charge on any atom is 0.226 e. The second-order valence-electron chi connectivity index (χ2n) is 6.74. The fourth-order valence-electron chi connectivity index (χ4n) is 2.97. The quantitative estimate of drug-likeness (QED) is 0.413. The molecule has 164 valence electrons. The lowest BCUT2D eigenvalue weighted by atomic mass is 10.1. The monoisotopic (exact) mass is 424 g/mol. The number of rotatable bonds is 8. The number of ether oxygens (including phenoxy) is 3. The Morgan fingerprint density at radius 2 is 1.71 bits per heavy atom. The van der Waals surface area contributed by atoms with Crippen LogP contribution in [0.4, 0.5) is 5.69 Å². The van der Waals surface area contributed by atoms with Crippen molar-refractivity contribution in [2.75, 3.05) is 33.2 Å². The molecule has 0 radical (unpaired) electrons. The molecule has 0 aliphatic heterocycles. The molecule has 31 heavy (non-hydrogen) atoms. The summed E-state index contributed by atoms with van der Waals surface area (Å²) in [6.45, 7) is 5.10. The first-order valence-corrected chi connectivity index (χ1v) is 9.94. The van der Waals surface area contributed by atoms with Gasteiger partial charge in [-0.1, -0.05) is 17.7 Å². The number of nitrogens with zero attached hydrogens (tertiary/aromatic N) is 2. The van der Waals surface area contributed by atoms with Crippen LogP contribution >= 0.6 is 0 Å². The van der Waals surface area contributed by atoms with Gasteiger partial charge in [0.2, 0.25) is 11.6 Å². The highest BCUT2D eigenvalue weighted by atomic mass is 16.5. The molecule has 0 amide bonds. The third-order valence-corrected chi connectivity index (χ3v) is 4.52. The Kier molecular flexibility index (Phi) is 7.37. The summed E-state index contributed by atoms with van der Waals surface area (Å²) in [5.74, 6) is 2.81. The van der Waals surface area contributed by atoms with E-state index in [4.69, 9.17) is 18.6 Å². The SMILES string of the molecule is CCNC(=NCc1coc(-c2ccc(C)cc2)n1)Nc1cc(OC)c(OC)c(OC)c1. The first-order valence-electron chi connectivity index (χ1n) is 9.94. The van der Waals surface area contributed by atoms with Crippen LogP contribution < -0.4 is 24.8 Å². The van der Waals surface area contributed by atoms with Crippen molar-refractivity contribution in [2.24, 2.45) is 4.99 Å². The summed E-state index contributed by atoms with van der Waals surface area (Å²) in [4.78, 5) is 9.15. The zero-order chi connectivity index (χ0) is 22.2. The number of aromatic nitrogens is 1. The topological polar surface area (TPSA) is 90.1 Å². The van der Waals surface area contributed by atoms with Crippen molar-refractivity contribution in [1.29, 1.82) is 0 Å². The third kappa shape index (κ3) is 5.48. The molecule has 0 aliphatic carbocycles. The van der Waals surface area contributed by atoms with Crippen LogP contribution in [0.5, 0.6) is 17.2 Å². The molecule has 2 N–H and O–H groups in total. The Morgan fingerprint density at radius 1 is 1.03 bits per heavy atom. The molecule has 0 unspecified atom stereocenters. The van der Waals surface area contributed by atoms with E-state index in [1.165, 1.54) is 5.56 Å². The lowest BCUT2D eigenvalue weighted by Crippen LogP contribution is -2.30. The van der Waals surface area contributed by atoms with Crippen LogP contribution in [0.2, 0.25) is 0 Å². The Morgan fingerprint density at radius 3 is 2.29 bits per heavy atom. The zero-order valence-electron chi connectivity index (χ0n) is 18.5. The number of oxazole rings is 1. The summed E-state index contributed by atoms with van der Waals surface area (Å²) in [7, 11) is 4.73. The molecule has 8 heteroatoms. The molecular weight excluding hydrogens is 396 g/mol. The van der Waals surface area contributed by atoms with Crippen LogP contribution in [-0.4, -0.2) is 38.8 Å². The van der Waals surface area contributed by atoms with E-state index < -0.39 is 0 Å². The summed E-state index contributed by atoms with van der Waals surface area (Å²) in [6.07, 6.45) is 1.63. The van der Waals surface area contributed by atoms with Gasteiger partial charge in [0, 0.05) is 29.9 Å². The van der Waals surface area contributed by atoms with E-state index >= 15 is 0 Å². The molecule has 0 spiro atoms. The number of methoxy groups -OCH3 is 3. The van der Waals surface area contributed by atoms with Gasteiger partial charge in [0.25, 0.3) is 0 Å². The third-order valence-electron chi connectivity index (χ3n) is 4.52. The summed E-state index contributed by atoms with van der Waals surface area (Å²) in [5.41, 5.74) is 3.60. The summed E-state index contributed by atoms with van der Waals surface area (Å²) < 4.78 is 21.8. The largest absolute Gasteiger partial charge is 0.493 e. The number of hydrogen-bond acceptors (Lipinski definition) is 6. The minimum Gasteiger partial charge on any atom is -0.493 e. The highest BCUT2D eigenvalue weighted by Crippen LogP contribution is 2.39. The molecule has 0 bridgehead atoms. The molecule has 0 fully saturated rings. The molecular formula is C23H28N4O4. The fourth-order valence-corrected chi connectivity index (χ4v) is 2.97. The molecule has 3 rings (SSSR count). The van der Waals surface area contributed by atoms with Crippen molar-refractivity contribution in [2.45, 2.75) is 20.4 Å². The fraction of sp³-hybridized carbons (Fsp3) is 0.304. The van der Waals surface area contributed by atoms with Crippen LogP contribution in [0.1, 0.15) is 18.2 Å². The van der Waals surface area contributed by atoms with E-state index in [-0.39, 0.29) is 0 Å². The lowest BCUT2D eigenvalue weighted by molar-refractivity contribution is 0.324. The number of nitrogens with one attached hydrogen (secondary N) is 2. The van der Waals surface area contributed by atoms with E-state index in [1.54, 1.807) is 27.6 Å². The van der Waals surface area contributed by atoms with E-state index in [0.29, 0.717) is 42.2 Å². The smallest absolute Gasteiger partial charge is 0.226 e. The highest BCUT2D eigenvalue weighted by molar-refractivity contribution is 5.94. The van der Waals surface area contributed by atoms with Gasteiger partial charge in [-0.2, -0.15) is 0 Å². The van der Waals surface area contributed by atoms with E-state index in [0.717, 1.165) is 16.9 Å². The molecule has 0 saturated heterocycles. The summed E-state index contributed by atoms with van der Waals surface area (Å²) in [5, 5.41) is 6.48. The van der Waals surface area contributed by atoms with Gasteiger partial charge in [-0.15, -0.1) is 0 Å². The van der Waals surface area contributed by atoms with Gasteiger partial charge in [0.15, 0.2) is 17.5 Å². The second-order valence-corrected chi connectivity index (χ2v) is 6.74. The minimum absolute atomic E-state index is 0.356. The van der Waals surface area contributed by atoms with Crippen molar-refractivity contribution in [3.63, 3.8) is 0 Å². The number of benzene rings is 2. The Labute approximate surface area is 182 Å². The van der Waals surface area contributed by atoms with Crippen molar-refractivity contribution >= 4 is 11.6 Å². The van der Waals surface area contributed by atoms with Crippen LogP contribution in [0.15, 0.2) is 52.1 Å². The second kappa shape index (κ2) is 10.4. The van der Waals surface area contributed by atoms with Gasteiger partial charge in [-0.05, 0) is 26.0 Å². The normalized spacial score (nSPS) is 11.2. The predicted molar refractivity (Wildman–Crippen MR) is 121 cm³/mol. The van der Waals surface area contributed by atoms with Gasteiger partial charge in [-0.25, -0.2) is 9.98 Å². The van der Waals surface area contributed by atoms with Gasteiger partial charge >= 0.3 is 0 Å². The Hall–Kier alpha value is -3.68. The average molecular weight is 425 g/mol. The molecule has 2 aromatic carbocycles. The molecule has 0 aliphatic rings. The Balaban J connectivity index is 1.77. The van der Waals surface area contributed by atoms with E-state index in [9.17, 15) is 0 Å².